The molecule has 1 saturated heterocycles. The molecule has 0 aliphatic carbocycles. The van der Waals surface area contributed by atoms with Crippen LogP contribution in [0.2, 0.25) is 0 Å². The van der Waals surface area contributed by atoms with Crippen LogP contribution in [-0.2, 0) is 11.3 Å². The van der Waals surface area contributed by atoms with Gasteiger partial charge < -0.3 is 15.3 Å². The number of rotatable bonds is 4. The van der Waals surface area contributed by atoms with Crippen molar-refractivity contribution < 1.29 is 9.90 Å². The zero-order chi connectivity index (χ0) is 13.7. The van der Waals surface area contributed by atoms with Crippen molar-refractivity contribution in [3.8, 4) is 5.75 Å². The first-order valence-corrected chi connectivity index (χ1v) is 6.60. The number of amides is 1. The van der Waals surface area contributed by atoms with Crippen molar-refractivity contribution in [2.75, 3.05) is 39.8 Å². The maximum absolute atomic E-state index is 12.1. The van der Waals surface area contributed by atoms with E-state index >= 15 is 0 Å². The van der Waals surface area contributed by atoms with Crippen LogP contribution in [0.4, 0.5) is 0 Å². The van der Waals surface area contributed by atoms with Gasteiger partial charge in [0.05, 0.1) is 6.54 Å². The Bertz CT molecular complexity index is 413. The van der Waals surface area contributed by atoms with Gasteiger partial charge in [-0.15, -0.1) is 0 Å². The lowest BCUT2D eigenvalue weighted by molar-refractivity contribution is -0.132. The third-order valence-electron chi connectivity index (χ3n) is 3.26. The molecule has 19 heavy (non-hydrogen) atoms. The number of nitrogens with zero attached hydrogens (tertiary/aromatic N) is 2. The van der Waals surface area contributed by atoms with E-state index in [1.165, 1.54) is 0 Å². The summed E-state index contributed by atoms with van der Waals surface area (Å²) in [6, 6.07) is 7.09. The number of nitrogens with one attached hydrogen (secondary N) is 1. The Labute approximate surface area is 113 Å². The van der Waals surface area contributed by atoms with Crippen LogP contribution < -0.4 is 5.32 Å². The number of hydrogen-bond donors (Lipinski definition) is 2. The molecule has 0 radical (unpaired) electrons. The number of aromatic hydroxyl groups is 1. The van der Waals surface area contributed by atoms with Gasteiger partial charge in [-0.3, -0.25) is 9.69 Å². The molecule has 0 saturated carbocycles. The largest absolute Gasteiger partial charge is 0.508 e. The topological polar surface area (TPSA) is 55.8 Å². The van der Waals surface area contributed by atoms with Gasteiger partial charge in [-0.05, 0) is 24.7 Å². The molecule has 0 bridgehead atoms. The molecule has 0 aromatic heterocycles. The zero-order valence-corrected chi connectivity index (χ0v) is 11.3. The minimum absolute atomic E-state index is 0.183. The van der Waals surface area contributed by atoms with Crippen molar-refractivity contribution in [3.05, 3.63) is 29.8 Å². The number of likely N-dealkylation sites (N-methyl/N-ethyl adjacent to an activating group) is 1. The Balaban J connectivity index is 1.81. The van der Waals surface area contributed by atoms with Crippen molar-refractivity contribution in [2.45, 2.75) is 6.54 Å². The lowest BCUT2D eigenvalue weighted by Crippen LogP contribution is -2.49. The summed E-state index contributed by atoms with van der Waals surface area (Å²) in [7, 11) is 1.94. The molecule has 1 aromatic rings. The molecule has 1 aliphatic rings. The maximum atomic E-state index is 12.1. The second-order valence-corrected chi connectivity index (χ2v) is 4.97. The van der Waals surface area contributed by atoms with Crippen LogP contribution in [0, 0.1) is 0 Å². The summed E-state index contributed by atoms with van der Waals surface area (Å²) >= 11 is 0. The second-order valence-electron chi connectivity index (χ2n) is 4.97. The molecule has 5 nitrogen and oxygen atoms in total. The predicted molar refractivity (Wildman–Crippen MR) is 73.9 cm³/mol. The number of carbonyl (C=O) groups is 1. The van der Waals surface area contributed by atoms with Crippen molar-refractivity contribution in [1.29, 1.82) is 0 Å². The average molecular weight is 263 g/mol. The molecule has 104 valence electrons. The van der Waals surface area contributed by atoms with Gasteiger partial charge in [-0.2, -0.15) is 0 Å². The van der Waals surface area contributed by atoms with Crippen LogP contribution in [0.3, 0.4) is 0 Å². The molecule has 1 aliphatic heterocycles. The molecule has 2 rings (SSSR count). The number of phenols is 1. The van der Waals surface area contributed by atoms with Gasteiger partial charge in [0.15, 0.2) is 0 Å². The number of hydrogen-bond acceptors (Lipinski definition) is 4. The molecule has 0 spiro atoms. The average Bonchev–Trinajstić information content (AvgIpc) is 2.42. The monoisotopic (exact) mass is 263 g/mol. The molecule has 1 fully saturated rings. The first-order valence-electron chi connectivity index (χ1n) is 6.60. The van der Waals surface area contributed by atoms with Crippen molar-refractivity contribution >= 4 is 5.91 Å². The van der Waals surface area contributed by atoms with Crippen LogP contribution in [0.15, 0.2) is 24.3 Å². The minimum atomic E-state index is 0.183. The number of benzene rings is 1. The smallest absolute Gasteiger partial charge is 0.236 e. The van der Waals surface area contributed by atoms with Gasteiger partial charge in [-0.25, -0.2) is 0 Å². The Morgan fingerprint density at radius 3 is 2.58 bits per heavy atom. The fraction of sp³-hybridized carbons (Fsp3) is 0.500. The Hall–Kier alpha value is -1.59. The molecule has 1 heterocycles. The quantitative estimate of drug-likeness (QED) is 0.818. The standard InChI is InChI=1S/C14H21N3O2/c1-16(10-12-2-4-13(18)5-3-12)11-14(19)17-8-6-15-7-9-17/h2-5,15,18H,6-11H2,1H3. The first-order chi connectivity index (χ1) is 9.15. The number of carbonyl (C=O) groups excluding carboxylic acids is 1. The van der Waals surface area contributed by atoms with E-state index in [4.69, 9.17) is 0 Å². The van der Waals surface area contributed by atoms with Crippen LogP contribution in [0.5, 0.6) is 5.75 Å². The summed E-state index contributed by atoms with van der Waals surface area (Å²) in [5, 5.41) is 12.5. The third kappa shape index (κ3) is 4.22. The van der Waals surface area contributed by atoms with Crippen LogP contribution in [0.25, 0.3) is 0 Å². The summed E-state index contributed by atoms with van der Waals surface area (Å²) in [5.74, 6) is 0.450. The molecular formula is C14H21N3O2. The van der Waals surface area contributed by atoms with E-state index in [9.17, 15) is 9.90 Å². The molecule has 2 N–H and O–H groups in total. The van der Waals surface area contributed by atoms with Gasteiger partial charge in [0.2, 0.25) is 5.91 Å². The van der Waals surface area contributed by atoms with Crippen molar-refractivity contribution in [1.82, 2.24) is 15.1 Å². The van der Waals surface area contributed by atoms with Crippen molar-refractivity contribution in [3.63, 3.8) is 0 Å². The van der Waals surface area contributed by atoms with Gasteiger partial charge in [0.1, 0.15) is 5.75 Å². The highest BCUT2D eigenvalue weighted by Gasteiger charge is 2.17. The maximum Gasteiger partial charge on any atom is 0.236 e. The van der Waals surface area contributed by atoms with E-state index in [1.54, 1.807) is 12.1 Å². The normalized spacial score (nSPS) is 15.8. The SMILES string of the molecule is CN(CC(=O)N1CCNCC1)Cc1ccc(O)cc1. The fourth-order valence-electron chi connectivity index (χ4n) is 2.21. The zero-order valence-electron chi connectivity index (χ0n) is 11.3. The summed E-state index contributed by atoms with van der Waals surface area (Å²) in [6.45, 7) is 4.50. The second kappa shape index (κ2) is 6.54. The highest BCUT2D eigenvalue weighted by Crippen LogP contribution is 2.11. The van der Waals surface area contributed by atoms with Gasteiger partial charge in [0, 0.05) is 32.7 Å². The van der Waals surface area contributed by atoms with E-state index in [0.717, 1.165) is 31.7 Å². The summed E-state index contributed by atoms with van der Waals surface area (Å²) in [5.41, 5.74) is 1.09. The van der Waals surface area contributed by atoms with E-state index in [0.29, 0.717) is 13.1 Å². The third-order valence-corrected chi connectivity index (χ3v) is 3.26. The summed E-state index contributed by atoms with van der Waals surface area (Å²) in [6.07, 6.45) is 0. The molecular weight excluding hydrogens is 242 g/mol. The van der Waals surface area contributed by atoms with E-state index in [2.05, 4.69) is 5.32 Å². The Morgan fingerprint density at radius 1 is 1.32 bits per heavy atom. The van der Waals surface area contributed by atoms with Gasteiger partial charge in [-0.1, -0.05) is 12.1 Å². The van der Waals surface area contributed by atoms with E-state index < -0.39 is 0 Å². The lowest BCUT2D eigenvalue weighted by atomic mass is 10.2. The van der Waals surface area contributed by atoms with Crippen LogP contribution in [-0.4, -0.2) is 60.6 Å². The fourth-order valence-corrected chi connectivity index (χ4v) is 2.21. The lowest BCUT2D eigenvalue weighted by Gasteiger charge is -2.29. The Morgan fingerprint density at radius 2 is 1.95 bits per heavy atom. The summed E-state index contributed by atoms with van der Waals surface area (Å²) in [4.78, 5) is 16.0. The van der Waals surface area contributed by atoms with E-state index in [-0.39, 0.29) is 11.7 Å². The minimum Gasteiger partial charge on any atom is -0.508 e. The molecule has 5 heteroatoms. The Kier molecular flexibility index (Phi) is 4.76. The first kappa shape index (κ1) is 13.8. The van der Waals surface area contributed by atoms with E-state index in [1.807, 2.05) is 29.0 Å². The van der Waals surface area contributed by atoms with Gasteiger partial charge in [0.25, 0.3) is 0 Å². The number of phenolic OH excluding ortho intramolecular Hbond substituents is 1. The highest BCUT2D eigenvalue weighted by atomic mass is 16.3. The summed E-state index contributed by atoms with van der Waals surface area (Å²) < 4.78 is 0. The molecule has 0 atom stereocenters. The van der Waals surface area contributed by atoms with Gasteiger partial charge >= 0.3 is 0 Å². The van der Waals surface area contributed by atoms with Crippen LogP contribution in [0.1, 0.15) is 5.56 Å². The van der Waals surface area contributed by atoms with Crippen LogP contribution >= 0.6 is 0 Å². The van der Waals surface area contributed by atoms with Crippen molar-refractivity contribution in [2.24, 2.45) is 0 Å². The molecule has 1 amide bonds. The molecule has 0 unspecified atom stereocenters. The number of piperazine rings is 1. The highest BCUT2D eigenvalue weighted by molar-refractivity contribution is 5.78. The predicted octanol–water partition coefficient (Wildman–Crippen LogP) is 0.256. The molecule has 1 aromatic carbocycles.